The number of halogens is 6. The van der Waals surface area contributed by atoms with Gasteiger partial charge in [-0.3, -0.25) is 4.99 Å². The maximum Gasteiger partial charge on any atom is 0.434 e. The second-order valence-electron chi connectivity index (χ2n) is 5.00. The minimum Gasteiger partial charge on any atom is -0.356 e. The van der Waals surface area contributed by atoms with Gasteiger partial charge in [0, 0.05) is 25.0 Å². The monoisotopic (exact) mass is 506 g/mol. The van der Waals surface area contributed by atoms with E-state index in [0.717, 1.165) is 22.8 Å². The van der Waals surface area contributed by atoms with Gasteiger partial charge >= 0.3 is 6.18 Å². The van der Waals surface area contributed by atoms with Gasteiger partial charge in [-0.05, 0) is 24.1 Å². The lowest BCUT2D eigenvalue weighted by Gasteiger charge is -2.11. The molecule has 0 bridgehead atoms. The molecule has 1 heterocycles. The molecule has 0 aliphatic rings. The van der Waals surface area contributed by atoms with E-state index in [9.17, 15) is 22.0 Å². The molecular formula is C15H16F5IN4S. The topological polar surface area (TPSA) is 49.3 Å². The zero-order valence-corrected chi connectivity index (χ0v) is 16.7. The Morgan fingerprint density at radius 1 is 1.15 bits per heavy atom. The smallest absolute Gasteiger partial charge is 0.356 e. The van der Waals surface area contributed by atoms with E-state index >= 15 is 0 Å². The van der Waals surface area contributed by atoms with Crippen LogP contribution in [0.25, 0.3) is 0 Å². The number of aromatic nitrogens is 1. The Hall–Kier alpha value is -1.50. The SMILES string of the molecule is CN=C(NCCc1cc(F)cc(F)c1)NCc1nc(C(F)(F)F)cs1.I. The number of hydrogen-bond acceptors (Lipinski definition) is 3. The molecule has 1 aromatic carbocycles. The lowest BCUT2D eigenvalue weighted by molar-refractivity contribution is -0.140. The zero-order valence-electron chi connectivity index (χ0n) is 13.5. The quantitative estimate of drug-likeness (QED) is 0.280. The van der Waals surface area contributed by atoms with Gasteiger partial charge in [-0.2, -0.15) is 13.2 Å². The molecule has 0 aliphatic carbocycles. The summed E-state index contributed by atoms with van der Waals surface area (Å²) in [6.07, 6.45) is -4.11. The van der Waals surface area contributed by atoms with Crippen LogP contribution >= 0.6 is 35.3 Å². The Bertz CT molecular complexity index is 728. The van der Waals surface area contributed by atoms with Crippen molar-refractivity contribution in [2.24, 2.45) is 4.99 Å². The predicted octanol–water partition coefficient (Wildman–Crippen LogP) is 3.97. The largest absolute Gasteiger partial charge is 0.434 e. The summed E-state index contributed by atoms with van der Waals surface area (Å²) in [5, 5.41) is 6.96. The van der Waals surface area contributed by atoms with Crippen LogP contribution in [0, 0.1) is 11.6 Å². The van der Waals surface area contributed by atoms with E-state index < -0.39 is 23.5 Å². The van der Waals surface area contributed by atoms with E-state index in [-0.39, 0.29) is 35.5 Å². The Balaban J connectivity index is 0.00000338. The molecule has 0 spiro atoms. The van der Waals surface area contributed by atoms with E-state index in [1.807, 2.05) is 0 Å². The van der Waals surface area contributed by atoms with Gasteiger partial charge in [0.1, 0.15) is 16.6 Å². The Kier molecular flexibility index (Phi) is 8.67. The van der Waals surface area contributed by atoms with Gasteiger partial charge in [0.15, 0.2) is 11.7 Å². The first-order valence-corrected chi connectivity index (χ1v) is 8.07. The van der Waals surface area contributed by atoms with Crippen molar-refractivity contribution >= 4 is 41.3 Å². The standard InChI is InChI=1S/C15H15F5N4S.HI/c1-21-14(22-3-2-9-4-10(16)6-11(17)5-9)23-7-13-24-12(8-25-13)15(18,19)20;/h4-6,8H,2-3,7H2,1H3,(H2,21,22,23);1H. The number of hydrogen-bond donors (Lipinski definition) is 2. The van der Waals surface area contributed by atoms with Crippen LogP contribution in [0.3, 0.4) is 0 Å². The molecule has 4 nitrogen and oxygen atoms in total. The zero-order chi connectivity index (χ0) is 18.4. The highest BCUT2D eigenvalue weighted by atomic mass is 127. The minimum absolute atomic E-state index is 0. The molecule has 26 heavy (non-hydrogen) atoms. The van der Waals surface area contributed by atoms with Crippen LogP contribution in [0.4, 0.5) is 22.0 Å². The Labute approximate surface area is 168 Å². The fourth-order valence-corrected chi connectivity index (χ4v) is 2.72. The maximum absolute atomic E-state index is 13.1. The van der Waals surface area contributed by atoms with Crippen molar-refractivity contribution in [3.05, 3.63) is 51.5 Å². The highest BCUT2D eigenvalue weighted by Crippen LogP contribution is 2.29. The first kappa shape index (κ1) is 22.5. The average Bonchev–Trinajstić information content (AvgIpc) is 2.99. The van der Waals surface area contributed by atoms with Gasteiger partial charge in [0.25, 0.3) is 0 Å². The molecule has 0 aliphatic heterocycles. The molecule has 0 saturated carbocycles. The highest BCUT2D eigenvalue weighted by molar-refractivity contribution is 14.0. The summed E-state index contributed by atoms with van der Waals surface area (Å²) in [6, 6.07) is 3.25. The van der Waals surface area contributed by atoms with Crippen molar-refractivity contribution in [3.63, 3.8) is 0 Å². The summed E-state index contributed by atoms with van der Waals surface area (Å²) in [4.78, 5) is 7.43. The molecule has 1 aromatic heterocycles. The molecule has 2 aromatic rings. The molecule has 11 heteroatoms. The first-order valence-electron chi connectivity index (χ1n) is 7.19. The van der Waals surface area contributed by atoms with Crippen molar-refractivity contribution in [3.8, 4) is 0 Å². The number of nitrogens with zero attached hydrogens (tertiary/aromatic N) is 2. The summed E-state index contributed by atoms with van der Waals surface area (Å²) >= 11 is 0.893. The molecular weight excluding hydrogens is 490 g/mol. The van der Waals surface area contributed by atoms with E-state index in [4.69, 9.17) is 0 Å². The van der Waals surface area contributed by atoms with Crippen LogP contribution < -0.4 is 10.6 Å². The molecule has 0 atom stereocenters. The molecule has 2 rings (SSSR count). The maximum atomic E-state index is 13.1. The lowest BCUT2D eigenvalue weighted by Crippen LogP contribution is -2.37. The van der Waals surface area contributed by atoms with Crippen molar-refractivity contribution in [1.29, 1.82) is 0 Å². The number of benzene rings is 1. The number of rotatable bonds is 5. The molecule has 0 saturated heterocycles. The number of thiazole rings is 1. The predicted molar refractivity (Wildman–Crippen MR) is 101 cm³/mol. The number of aliphatic imine (C=N–C) groups is 1. The third-order valence-electron chi connectivity index (χ3n) is 3.10. The summed E-state index contributed by atoms with van der Waals surface area (Å²) in [5.41, 5.74) is -0.444. The van der Waals surface area contributed by atoms with Crippen LogP contribution in [0.5, 0.6) is 0 Å². The summed E-state index contributed by atoms with van der Waals surface area (Å²) in [7, 11) is 1.50. The average molecular weight is 506 g/mol. The van der Waals surface area contributed by atoms with Gasteiger partial charge in [-0.1, -0.05) is 0 Å². The minimum atomic E-state index is -4.46. The van der Waals surface area contributed by atoms with Gasteiger partial charge in [-0.25, -0.2) is 13.8 Å². The van der Waals surface area contributed by atoms with Crippen molar-refractivity contribution in [2.75, 3.05) is 13.6 Å². The van der Waals surface area contributed by atoms with Crippen LogP contribution in [-0.4, -0.2) is 24.5 Å². The fraction of sp³-hybridized carbons (Fsp3) is 0.333. The molecule has 2 N–H and O–H groups in total. The van der Waals surface area contributed by atoms with E-state index in [0.29, 0.717) is 24.5 Å². The number of nitrogens with one attached hydrogen (secondary N) is 2. The fourth-order valence-electron chi connectivity index (χ4n) is 1.98. The second-order valence-corrected chi connectivity index (χ2v) is 5.95. The first-order chi connectivity index (χ1) is 11.8. The van der Waals surface area contributed by atoms with Crippen LogP contribution in [0.15, 0.2) is 28.6 Å². The van der Waals surface area contributed by atoms with Gasteiger partial charge in [-0.15, -0.1) is 35.3 Å². The van der Waals surface area contributed by atoms with Crippen molar-refractivity contribution < 1.29 is 22.0 Å². The van der Waals surface area contributed by atoms with Crippen LogP contribution in [-0.2, 0) is 19.1 Å². The Morgan fingerprint density at radius 2 is 1.81 bits per heavy atom. The van der Waals surface area contributed by atoms with E-state index in [1.165, 1.54) is 19.2 Å². The molecule has 144 valence electrons. The van der Waals surface area contributed by atoms with Crippen LogP contribution in [0.1, 0.15) is 16.3 Å². The summed E-state index contributed by atoms with van der Waals surface area (Å²) in [6.45, 7) is 0.420. The number of guanidine groups is 1. The van der Waals surface area contributed by atoms with Gasteiger partial charge in [0.2, 0.25) is 0 Å². The molecule has 0 radical (unpaired) electrons. The normalized spacial score (nSPS) is 11.8. The van der Waals surface area contributed by atoms with E-state index in [1.54, 1.807) is 0 Å². The third-order valence-corrected chi connectivity index (χ3v) is 3.95. The summed E-state index contributed by atoms with van der Waals surface area (Å²) < 4.78 is 63.6. The molecule has 0 unspecified atom stereocenters. The van der Waals surface area contributed by atoms with Crippen LogP contribution in [0.2, 0.25) is 0 Å². The third kappa shape index (κ3) is 7.02. The number of alkyl halides is 3. The molecule has 0 amide bonds. The van der Waals surface area contributed by atoms with Gasteiger partial charge in [0.05, 0.1) is 6.54 Å². The summed E-state index contributed by atoms with van der Waals surface area (Å²) in [5.74, 6) is -0.955. The van der Waals surface area contributed by atoms with Crippen molar-refractivity contribution in [1.82, 2.24) is 15.6 Å². The van der Waals surface area contributed by atoms with Gasteiger partial charge < -0.3 is 10.6 Å². The van der Waals surface area contributed by atoms with Crippen molar-refractivity contribution in [2.45, 2.75) is 19.1 Å². The highest BCUT2D eigenvalue weighted by Gasteiger charge is 2.33. The van der Waals surface area contributed by atoms with E-state index in [2.05, 4.69) is 20.6 Å². The second kappa shape index (κ2) is 10.00. The molecule has 0 fully saturated rings. The lowest BCUT2D eigenvalue weighted by atomic mass is 10.1. The Morgan fingerprint density at radius 3 is 2.35 bits per heavy atom.